The molecule has 1 heteroatoms. The molecule has 0 saturated carbocycles. The predicted octanol–water partition coefficient (Wildman–Crippen LogP) is 8.01. The van der Waals surface area contributed by atoms with E-state index in [4.69, 9.17) is 0 Å². The first-order valence-electron chi connectivity index (χ1n) is 11.1. The van der Waals surface area contributed by atoms with Crippen LogP contribution in [0, 0.1) is 13.8 Å². The molecule has 0 heterocycles. The number of fused-ring (bicyclic) bond motifs is 6. The molecule has 0 saturated heterocycles. The van der Waals surface area contributed by atoms with Crippen LogP contribution in [0.15, 0.2) is 84.9 Å². The second-order valence-electron chi connectivity index (χ2n) is 8.93. The summed E-state index contributed by atoms with van der Waals surface area (Å²) in [7, 11) is 0. The van der Waals surface area contributed by atoms with Gasteiger partial charge in [0.1, 0.15) is 0 Å². The van der Waals surface area contributed by atoms with E-state index in [9.17, 15) is 0 Å². The van der Waals surface area contributed by atoms with E-state index in [2.05, 4.69) is 98.8 Å². The fourth-order valence-corrected chi connectivity index (χ4v) is 6.09. The van der Waals surface area contributed by atoms with E-state index < -0.39 is 0 Å². The predicted molar refractivity (Wildman–Crippen MR) is 126 cm³/mol. The molecular formula is C30H26Zr. The van der Waals surface area contributed by atoms with E-state index in [0.29, 0.717) is 11.8 Å². The Kier molecular flexibility index (Phi) is 5.35. The molecule has 0 bridgehead atoms. The molecule has 4 aromatic carbocycles. The third-order valence-electron chi connectivity index (χ3n) is 7.34. The van der Waals surface area contributed by atoms with Crippen LogP contribution in [0.3, 0.4) is 0 Å². The maximum Gasteiger partial charge on any atom is 0.0105 e. The Labute approximate surface area is 204 Å². The first-order valence-corrected chi connectivity index (χ1v) is 11.1. The molecule has 6 rings (SSSR count). The largest absolute Gasteiger partial charge is 0.0619 e. The van der Waals surface area contributed by atoms with Crippen LogP contribution in [0.25, 0.3) is 22.3 Å². The van der Waals surface area contributed by atoms with Gasteiger partial charge in [-0.1, -0.05) is 84.9 Å². The van der Waals surface area contributed by atoms with Crippen LogP contribution in [-0.4, -0.2) is 0 Å². The Hall–Kier alpha value is -2.24. The van der Waals surface area contributed by atoms with Crippen LogP contribution in [-0.2, 0) is 26.2 Å². The van der Waals surface area contributed by atoms with Gasteiger partial charge >= 0.3 is 0 Å². The molecule has 2 unspecified atom stereocenters. The van der Waals surface area contributed by atoms with Gasteiger partial charge in [0, 0.05) is 38.0 Å². The van der Waals surface area contributed by atoms with E-state index in [-0.39, 0.29) is 26.2 Å². The van der Waals surface area contributed by atoms with Gasteiger partial charge in [-0.25, -0.2) is 0 Å². The van der Waals surface area contributed by atoms with E-state index >= 15 is 0 Å². The molecule has 150 valence electrons. The van der Waals surface area contributed by atoms with E-state index in [0.717, 1.165) is 0 Å². The zero-order valence-corrected chi connectivity index (χ0v) is 20.6. The molecule has 0 aliphatic heterocycles. The van der Waals surface area contributed by atoms with Crippen molar-refractivity contribution >= 4 is 0 Å². The molecule has 2 aliphatic carbocycles. The average Bonchev–Trinajstić information content (AvgIpc) is 3.27. The Morgan fingerprint density at radius 2 is 0.871 bits per heavy atom. The standard InChI is InChI=1S/C30H26.Zr/c1-19-9-7-15-25-21-11-3-5-13-23(21)27(29(19)25)17-18-28-24-14-6-4-12-22(24)26-16-8-10-20(2)30(26)28;/h3-16,27-28H,17-18H2,1-2H3;. The summed E-state index contributed by atoms with van der Waals surface area (Å²) in [6.45, 7) is 4.56. The minimum Gasteiger partial charge on any atom is -0.0619 e. The van der Waals surface area contributed by atoms with Crippen molar-refractivity contribution in [3.8, 4) is 22.3 Å². The van der Waals surface area contributed by atoms with Gasteiger partial charge in [0.15, 0.2) is 0 Å². The summed E-state index contributed by atoms with van der Waals surface area (Å²) in [5.74, 6) is 0.996. The summed E-state index contributed by atoms with van der Waals surface area (Å²) in [4.78, 5) is 0. The van der Waals surface area contributed by atoms with Crippen LogP contribution >= 0.6 is 0 Å². The molecule has 0 fully saturated rings. The van der Waals surface area contributed by atoms with Crippen molar-refractivity contribution in [2.24, 2.45) is 0 Å². The third-order valence-corrected chi connectivity index (χ3v) is 7.34. The fraction of sp³-hybridized carbons (Fsp3) is 0.200. The summed E-state index contributed by atoms with van der Waals surface area (Å²) in [5.41, 5.74) is 14.7. The minimum atomic E-state index is 0. The van der Waals surface area contributed by atoms with Crippen LogP contribution in [0.1, 0.15) is 58.1 Å². The molecule has 0 N–H and O–H groups in total. The second-order valence-corrected chi connectivity index (χ2v) is 8.93. The summed E-state index contributed by atoms with van der Waals surface area (Å²) in [6.07, 6.45) is 2.36. The van der Waals surface area contributed by atoms with Crippen molar-refractivity contribution in [1.29, 1.82) is 0 Å². The van der Waals surface area contributed by atoms with Crippen LogP contribution in [0.4, 0.5) is 0 Å². The number of benzene rings is 4. The van der Waals surface area contributed by atoms with E-state index in [1.807, 2.05) is 0 Å². The normalized spacial score (nSPS) is 17.4. The molecular weight excluding hydrogens is 452 g/mol. The second kappa shape index (κ2) is 8.03. The van der Waals surface area contributed by atoms with Crippen molar-refractivity contribution < 1.29 is 26.2 Å². The smallest absolute Gasteiger partial charge is 0.0105 e. The van der Waals surface area contributed by atoms with Gasteiger partial charge in [-0.2, -0.15) is 0 Å². The topological polar surface area (TPSA) is 0 Å². The van der Waals surface area contributed by atoms with Crippen molar-refractivity contribution in [1.82, 2.24) is 0 Å². The van der Waals surface area contributed by atoms with Gasteiger partial charge in [0.05, 0.1) is 0 Å². The molecule has 0 amide bonds. The number of hydrogen-bond donors (Lipinski definition) is 0. The first kappa shape index (κ1) is 20.7. The summed E-state index contributed by atoms with van der Waals surface area (Å²) >= 11 is 0. The molecule has 0 aromatic heterocycles. The molecule has 2 atom stereocenters. The number of rotatable bonds is 3. The minimum absolute atomic E-state index is 0. The Morgan fingerprint density at radius 3 is 1.32 bits per heavy atom. The molecule has 2 aliphatic rings. The van der Waals surface area contributed by atoms with Crippen LogP contribution in [0.2, 0.25) is 0 Å². The van der Waals surface area contributed by atoms with Gasteiger partial charge in [-0.3, -0.25) is 0 Å². The van der Waals surface area contributed by atoms with E-state index in [1.54, 1.807) is 11.1 Å². The number of aryl methyl sites for hydroxylation is 2. The molecule has 4 aromatic rings. The fourth-order valence-electron chi connectivity index (χ4n) is 6.09. The van der Waals surface area contributed by atoms with Crippen LogP contribution < -0.4 is 0 Å². The van der Waals surface area contributed by atoms with Crippen molar-refractivity contribution in [3.05, 3.63) is 118 Å². The summed E-state index contributed by atoms with van der Waals surface area (Å²) in [6, 6.07) is 31.7. The van der Waals surface area contributed by atoms with Gasteiger partial charge in [0.25, 0.3) is 0 Å². The summed E-state index contributed by atoms with van der Waals surface area (Å²) in [5, 5.41) is 0. The Morgan fingerprint density at radius 1 is 0.484 bits per heavy atom. The third kappa shape index (κ3) is 3.13. The quantitative estimate of drug-likeness (QED) is 0.280. The maximum absolute atomic E-state index is 2.35. The van der Waals surface area contributed by atoms with Crippen LogP contribution in [0.5, 0.6) is 0 Å². The zero-order chi connectivity index (χ0) is 20.2. The van der Waals surface area contributed by atoms with Gasteiger partial charge in [0.2, 0.25) is 0 Å². The average molecular weight is 478 g/mol. The monoisotopic (exact) mass is 476 g/mol. The summed E-state index contributed by atoms with van der Waals surface area (Å²) < 4.78 is 0. The maximum atomic E-state index is 2.35. The SMILES string of the molecule is Cc1cccc2c1C(CCC1c3ccccc3-c3cccc(C)c31)c1ccccc1-2.[Zr]. The van der Waals surface area contributed by atoms with Crippen molar-refractivity contribution in [3.63, 3.8) is 0 Å². The Bertz CT molecular complexity index is 1180. The zero-order valence-electron chi connectivity index (χ0n) is 18.2. The van der Waals surface area contributed by atoms with Gasteiger partial charge < -0.3 is 0 Å². The molecule has 31 heavy (non-hydrogen) atoms. The van der Waals surface area contributed by atoms with Crippen molar-refractivity contribution in [2.75, 3.05) is 0 Å². The molecule has 0 nitrogen and oxygen atoms in total. The first-order chi connectivity index (χ1) is 14.7. The molecule has 0 spiro atoms. The number of hydrogen-bond acceptors (Lipinski definition) is 0. The van der Waals surface area contributed by atoms with Gasteiger partial charge in [-0.05, 0) is 82.3 Å². The van der Waals surface area contributed by atoms with E-state index in [1.165, 1.54) is 57.3 Å². The molecule has 0 radical (unpaired) electrons. The van der Waals surface area contributed by atoms with Crippen molar-refractivity contribution in [2.45, 2.75) is 38.5 Å². The Balaban J connectivity index is 0.00000204. The van der Waals surface area contributed by atoms with Gasteiger partial charge in [-0.15, -0.1) is 0 Å².